The highest BCUT2D eigenvalue weighted by molar-refractivity contribution is 6.44. The SMILES string of the molecule is O=C(Nc1cc(Cl)c(Cl)cc1Cl)c1ncn[nH]1. The predicted molar refractivity (Wildman–Crippen MR) is 65.8 cm³/mol. The maximum absolute atomic E-state index is 11.6. The van der Waals surface area contributed by atoms with Crippen LogP contribution >= 0.6 is 34.8 Å². The molecule has 0 bridgehead atoms. The van der Waals surface area contributed by atoms with E-state index in [1.165, 1.54) is 18.5 Å². The monoisotopic (exact) mass is 290 g/mol. The summed E-state index contributed by atoms with van der Waals surface area (Å²) < 4.78 is 0. The molecule has 0 unspecified atom stereocenters. The summed E-state index contributed by atoms with van der Waals surface area (Å²) in [6.45, 7) is 0. The van der Waals surface area contributed by atoms with Gasteiger partial charge in [0.1, 0.15) is 6.33 Å². The third-order valence-electron chi connectivity index (χ3n) is 1.89. The van der Waals surface area contributed by atoms with Crippen LogP contribution in [-0.4, -0.2) is 21.1 Å². The summed E-state index contributed by atoms with van der Waals surface area (Å²) in [5.74, 6) is -0.394. The molecule has 8 heteroatoms. The summed E-state index contributed by atoms with van der Waals surface area (Å²) in [7, 11) is 0. The minimum atomic E-state index is -0.470. The molecule has 0 spiro atoms. The molecule has 17 heavy (non-hydrogen) atoms. The third kappa shape index (κ3) is 2.69. The number of nitrogens with one attached hydrogen (secondary N) is 2. The first-order chi connectivity index (χ1) is 8.08. The molecule has 2 aromatic rings. The van der Waals surface area contributed by atoms with Crippen LogP contribution in [0.1, 0.15) is 10.6 Å². The molecule has 1 amide bonds. The minimum Gasteiger partial charge on any atom is -0.318 e. The molecule has 2 rings (SSSR count). The number of nitrogens with zero attached hydrogens (tertiary/aromatic N) is 2. The average Bonchev–Trinajstić information content (AvgIpc) is 2.79. The van der Waals surface area contributed by atoms with Crippen LogP contribution in [0.15, 0.2) is 18.5 Å². The van der Waals surface area contributed by atoms with Crippen molar-refractivity contribution in [1.82, 2.24) is 15.2 Å². The molecule has 0 atom stereocenters. The van der Waals surface area contributed by atoms with Gasteiger partial charge < -0.3 is 5.32 Å². The molecule has 0 aliphatic carbocycles. The van der Waals surface area contributed by atoms with Crippen LogP contribution in [0.2, 0.25) is 15.1 Å². The molecule has 0 aliphatic heterocycles. The number of aromatic amines is 1. The Bertz CT molecular complexity index is 556. The van der Waals surface area contributed by atoms with Crippen molar-refractivity contribution in [1.29, 1.82) is 0 Å². The number of rotatable bonds is 2. The van der Waals surface area contributed by atoms with Crippen molar-refractivity contribution in [3.05, 3.63) is 39.4 Å². The van der Waals surface area contributed by atoms with Crippen LogP contribution in [0.5, 0.6) is 0 Å². The number of H-pyrrole nitrogens is 1. The molecule has 0 radical (unpaired) electrons. The number of aromatic nitrogens is 3. The third-order valence-corrected chi connectivity index (χ3v) is 2.92. The van der Waals surface area contributed by atoms with Crippen LogP contribution in [0.4, 0.5) is 5.69 Å². The van der Waals surface area contributed by atoms with E-state index in [1.54, 1.807) is 0 Å². The largest absolute Gasteiger partial charge is 0.318 e. The Morgan fingerprint density at radius 3 is 2.53 bits per heavy atom. The highest BCUT2D eigenvalue weighted by Crippen LogP contribution is 2.32. The van der Waals surface area contributed by atoms with Crippen LogP contribution in [0.3, 0.4) is 0 Å². The fourth-order valence-corrected chi connectivity index (χ4v) is 1.71. The summed E-state index contributed by atoms with van der Waals surface area (Å²) in [5, 5.41) is 9.42. The van der Waals surface area contributed by atoms with Gasteiger partial charge in [0.15, 0.2) is 0 Å². The van der Waals surface area contributed by atoms with E-state index in [0.29, 0.717) is 15.7 Å². The molecule has 0 aliphatic rings. The zero-order chi connectivity index (χ0) is 12.4. The number of benzene rings is 1. The van der Waals surface area contributed by atoms with E-state index in [0.717, 1.165) is 0 Å². The number of carbonyl (C=O) groups is 1. The van der Waals surface area contributed by atoms with Gasteiger partial charge in [0.25, 0.3) is 5.91 Å². The Kier molecular flexibility index (Phi) is 3.51. The standard InChI is InChI=1S/C9H5Cl3N4O/c10-4-1-6(12)7(2-5(4)11)15-9(17)8-13-3-14-16-8/h1-3H,(H,15,17)(H,13,14,16). The Hall–Kier alpha value is -1.30. The second kappa shape index (κ2) is 4.91. The summed E-state index contributed by atoms with van der Waals surface area (Å²) in [6, 6.07) is 2.90. The molecule has 5 nitrogen and oxygen atoms in total. The Morgan fingerprint density at radius 1 is 1.18 bits per heavy atom. The van der Waals surface area contributed by atoms with Crippen LogP contribution in [0, 0.1) is 0 Å². The summed E-state index contributed by atoms with van der Waals surface area (Å²) in [5.41, 5.74) is 0.350. The van der Waals surface area contributed by atoms with Crippen molar-refractivity contribution in [2.45, 2.75) is 0 Å². The van der Waals surface area contributed by atoms with Crippen molar-refractivity contribution in [2.75, 3.05) is 5.32 Å². The van der Waals surface area contributed by atoms with Crippen molar-refractivity contribution >= 4 is 46.4 Å². The first kappa shape index (κ1) is 12.2. The van der Waals surface area contributed by atoms with E-state index in [-0.39, 0.29) is 10.8 Å². The molecule has 88 valence electrons. The van der Waals surface area contributed by atoms with Gasteiger partial charge in [0.05, 0.1) is 20.8 Å². The number of carbonyl (C=O) groups excluding carboxylic acids is 1. The lowest BCUT2D eigenvalue weighted by Crippen LogP contribution is -2.14. The van der Waals surface area contributed by atoms with Gasteiger partial charge in [-0.05, 0) is 12.1 Å². The van der Waals surface area contributed by atoms with Crippen LogP contribution in [-0.2, 0) is 0 Å². The highest BCUT2D eigenvalue weighted by Gasteiger charge is 2.12. The van der Waals surface area contributed by atoms with Gasteiger partial charge in [-0.1, -0.05) is 34.8 Å². The summed E-state index contributed by atoms with van der Waals surface area (Å²) in [6.07, 6.45) is 1.23. The van der Waals surface area contributed by atoms with Gasteiger partial charge in [-0.15, -0.1) is 0 Å². The molecule has 0 saturated heterocycles. The fourth-order valence-electron chi connectivity index (χ4n) is 1.11. The normalized spacial score (nSPS) is 10.3. The van der Waals surface area contributed by atoms with E-state index in [2.05, 4.69) is 20.5 Å². The van der Waals surface area contributed by atoms with Crippen molar-refractivity contribution in [2.24, 2.45) is 0 Å². The van der Waals surface area contributed by atoms with Gasteiger partial charge in [0.2, 0.25) is 5.82 Å². The number of halogens is 3. The molecular weight excluding hydrogens is 286 g/mol. The molecule has 1 heterocycles. The van der Waals surface area contributed by atoms with E-state index >= 15 is 0 Å². The smallest absolute Gasteiger partial charge is 0.293 e. The maximum atomic E-state index is 11.6. The van der Waals surface area contributed by atoms with E-state index < -0.39 is 5.91 Å². The summed E-state index contributed by atoms with van der Waals surface area (Å²) >= 11 is 17.5. The van der Waals surface area contributed by atoms with Gasteiger partial charge in [-0.3, -0.25) is 9.89 Å². The molecular formula is C9H5Cl3N4O. The maximum Gasteiger partial charge on any atom is 0.293 e. The van der Waals surface area contributed by atoms with Gasteiger partial charge in [0, 0.05) is 0 Å². The lowest BCUT2D eigenvalue weighted by molar-refractivity contribution is 0.101. The highest BCUT2D eigenvalue weighted by atomic mass is 35.5. The quantitative estimate of drug-likeness (QED) is 0.836. The van der Waals surface area contributed by atoms with Crippen LogP contribution in [0.25, 0.3) is 0 Å². The van der Waals surface area contributed by atoms with E-state index in [4.69, 9.17) is 34.8 Å². The van der Waals surface area contributed by atoms with Gasteiger partial charge in [-0.25, -0.2) is 4.98 Å². The zero-order valence-corrected chi connectivity index (χ0v) is 10.4. The average molecular weight is 292 g/mol. The van der Waals surface area contributed by atoms with Crippen molar-refractivity contribution < 1.29 is 4.79 Å². The Morgan fingerprint density at radius 2 is 1.88 bits per heavy atom. The predicted octanol–water partition coefficient (Wildman–Crippen LogP) is 3.02. The van der Waals surface area contributed by atoms with Gasteiger partial charge >= 0.3 is 0 Å². The molecule has 0 fully saturated rings. The number of amides is 1. The topological polar surface area (TPSA) is 70.7 Å². The zero-order valence-electron chi connectivity index (χ0n) is 8.17. The van der Waals surface area contributed by atoms with Crippen molar-refractivity contribution in [3.8, 4) is 0 Å². The molecule has 1 aromatic heterocycles. The first-order valence-electron chi connectivity index (χ1n) is 4.39. The Balaban J connectivity index is 2.25. The first-order valence-corrected chi connectivity index (χ1v) is 5.52. The summed E-state index contributed by atoms with van der Waals surface area (Å²) in [4.78, 5) is 15.3. The van der Waals surface area contributed by atoms with E-state index in [1.807, 2.05) is 0 Å². The van der Waals surface area contributed by atoms with E-state index in [9.17, 15) is 4.79 Å². The second-order valence-electron chi connectivity index (χ2n) is 3.03. The number of anilines is 1. The lowest BCUT2D eigenvalue weighted by Gasteiger charge is -2.07. The van der Waals surface area contributed by atoms with Gasteiger partial charge in [-0.2, -0.15) is 5.10 Å². The minimum absolute atomic E-state index is 0.0761. The fraction of sp³-hybridized carbons (Fsp3) is 0. The number of hydrogen-bond acceptors (Lipinski definition) is 3. The second-order valence-corrected chi connectivity index (χ2v) is 4.26. The van der Waals surface area contributed by atoms with Crippen LogP contribution < -0.4 is 5.32 Å². The molecule has 0 saturated carbocycles. The Labute approximate surface area is 111 Å². The lowest BCUT2D eigenvalue weighted by atomic mass is 10.3. The van der Waals surface area contributed by atoms with Crippen molar-refractivity contribution in [3.63, 3.8) is 0 Å². The molecule has 2 N–H and O–H groups in total. The molecule has 1 aromatic carbocycles. The number of hydrogen-bond donors (Lipinski definition) is 2.